The fourth-order valence-corrected chi connectivity index (χ4v) is 2.50. The summed E-state index contributed by atoms with van der Waals surface area (Å²) in [5.74, 6) is 0.878. The molecule has 1 N–H and O–H groups in total. The lowest BCUT2D eigenvalue weighted by Gasteiger charge is -2.10. The van der Waals surface area contributed by atoms with Crippen molar-refractivity contribution >= 4 is 17.0 Å². The quantitative estimate of drug-likeness (QED) is 0.779. The van der Waals surface area contributed by atoms with Crippen molar-refractivity contribution < 1.29 is 4.74 Å². The van der Waals surface area contributed by atoms with Crippen LogP contribution in [-0.4, -0.2) is 16.7 Å². The third-order valence-electron chi connectivity index (χ3n) is 3.64. The van der Waals surface area contributed by atoms with Crippen LogP contribution in [0.2, 0.25) is 0 Å². The van der Waals surface area contributed by atoms with Crippen molar-refractivity contribution in [2.45, 2.75) is 13.2 Å². The van der Waals surface area contributed by atoms with E-state index in [0.29, 0.717) is 6.61 Å². The summed E-state index contributed by atoms with van der Waals surface area (Å²) in [5, 5.41) is 3.41. The Labute approximate surface area is 124 Å². The summed E-state index contributed by atoms with van der Waals surface area (Å²) in [7, 11) is 3.74. The lowest BCUT2D eigenvalue weighted by atomic mass is 10.1. The third-order valence-corrected chi connectivity index (χ3v) is 3.64. The standard InChI is InChI=1S/C17H19N3O/c1-20-16-10-6-5-9-15(16)19-17(20)18-11-13-7-3-4-8-14(13)12-21-2/h3-10H,11-12H2,1-2H3,(H,18,19). The number of hydrogen-bond donors (Lipinski definition) is 1. The second-order valence-electron chi connectivity index (χ2n) is 5.04. The van der Waals surface area contributed by atoms with Crippen LogP contribution in [0.25, 0.3) is 11.0 Å². The minimum absolute atomic E-state index is 0.625. The van der Waals surface area contributed by atoms with Gasteiger partial charge in [0.05, 0.1) is 17.6 Å². The van der Waals surface area contributed by atoms with E-state index >= 15 is 0 Å². The van der Waals surface area contributed by atoms with Gasteiger partial charge in [0, 0.05) is 20.7 Å². The molecule has 1 heterocycles. The molecule has 0 aliphatic carbocycles. The smallest absolute Gasteiger partial charge is 0.203 e. The average Bonchev–Trinajstić information content (AvgIpc) is 2.84. The molecule has 2 aromatic carbocycles. The molecule has 108 valence electrons. The van der Waals surface area contributed by atoms with Gasteiger partial charge in [0.2, 0.25) is 5.95 Å². The Kier molecular flexibility index (Phi) is 3.88. The van der Waals surface area contributed by atoms with Crippen LogP contribution in [0, 0.1) is 0 Å². The van der Waals surface area contributed by atoms with Crippen LogP contribution in [-0.2, 0) is 24.9 Å². The van der Waals surface area contributed by atoms with E-state index in [1.807, 2.05) is 37.4 Å². The number of ether oxygens (including phenoxy) is 1. The Bertz CT molecular complexity index is 749. The first-order chi connectivity index (χ1) is 10.3. The van der Waals surface area contributed by atoms with Crippen molar-refractivity contribution in [3.63, 3.8) is 0 Å². The Hall–Kier alpha value is -2.33. The van der Waals surface area contributed by atoms with Crippen molar-refractivity contribution in [1.29, 1.82) is 0 Å². The van der Waals surface area contributed by atoms with E-state index in [2.05, 4.69) is 33.1 Å². The molecule has 0 bridgehead atoms. The fraction of sp³-hybridized carbons (Fsp3) is 0.235. The maximum atomic E-state index is 5.24. The topological polar surface area (TPSA) is 39.1 Å². The van der Waals surface area contributed by atoms with Crippen LogP contribution >= 0.6 is 0 Å². The van der Waals surface area contributed by atoms with Crippen LogP contribution in [0.5, 0.6) is 0 Å². The van der Waals surface area contributed by atoms with Crippen LogP contribution in [0.15, 0.2) is 48.5 Å². The number of hydrogen-bond acceptors (Lipinski definition) is 3. The van der Waals surface area contributed by atoms with Gasteiger partial charge in [0.25, 0.3) is 0 Å². The van der Waals surface area contributed by atoms with Gasteiger partial charge in [-0.1, -0.05) is 36.4 Å². The SMILES string of the molecule is COCc1ccccc1CNc1nc2ccccc2n1C. The number of fused-ring (bicyclic) bond motifs is 1. The third kappa shape index (κ3) is 2.76. The van der Waals surface area contributed by atoms with E-state index in [-0.39, 0.29) is 0 Å². The van der Waals surface area contributed by atoms with Gasteiger partial charge in [-0.25, -0.2) is 4.98 Å². The molecule has 3 rings (SSSR count). The van der Waals surface area contributed by atoms with Crippen molar-refractivity contribution in [1.82, 2.24) is 9.55 Å². The molecule has 4 nitrogen and oxygen atoms in total. The Morgan fingerprint density at radius 3 is 2.52 bits per heavy atom. The Morgan fingerprint density at radius 2 is 1.76 bits per heavy atom. The predicted molar refractivity (Wildman–Crippen MR) is 85.2 cm³/mol. The zero-order valence-corrected chi connectivity index (χ0v) is 12.3. The maximum Gasteiger partial charge on any atom is 0.203 e. The summed E-state index contributed by atoms with van der Waals surface area (Å²) in [6.45, 7) is 1.36. The number of methoxy groups -OCH3 is 1. The highest BCUT2D eigenvalue weighted by Gasteiger charge is 2.07. The van der Waals surface area contributed by atoms with Crippen molar-refractivity contribution in [3.8, 4) is 0 Å². The first-order valence-electron chi connectivity index (χ1n) is 7.00. The monoisotopic (exact) mass is 281 g/mol. The van der Waals surface area contributed by atoms with E-state index in [1.54, 1.807) is 7.11 Å². The maximum absolute atomic E-state index is 5.24. The summed E-state index contributed by atoms with van der Waals surface area (Å²) in [6, 6.07) is 16.4. The van der Waals surface area contributed by atoms with E-state index in [9.17, 15) is 0 Å². The zero-order valence-electron chi connectivity index (χ0n) is 12.3. The number of anilines is 1. The minimum Gasteiger partial charge on any atom is -0.380 e. The first kappa shape index (κ1) is 13.6. The number of nitrogens with zero attached hydrogens (tertiary/aromatic N) is 2. The summed E-state index contributed by atoms with van der Waals surface area (Å²) in [4.78, 5) is 4.62. The average molecular weight is 281 g/mol. The van der Waals surface area contributed by atoms with Gasteiger partial charge in [-0.2, -0.15) is 0 Å². The van der Waals surface area contributed by atoms with E-state index in [0.717, 1.165) is 23.5 Å². The molecular formula is C17H19N3O. The molecule has 0 unspecified atom stereocenters. The van der Waals surface area contributed by atoms with Gasteiger partial charge in [0.1, 0.15) is 0 Å². The molecular weight excluding hydrogens is 262 g/mol. The van der Waals surface area contributed by atoms with E-state index < -0.39 is 0 Å². The first-order valence-corrected chi connectivity index (χ1v) is 7.00. The normalized spacial score (nSPS) is 11.0. The molecule has 0 saturated carbocycles. The van der Waals surface area contributed by atoms with Gasteiger partial charge in [-0.3, -0.25) is 0 Å². The summed E-state index contributed by atoms with van der Waals surface area (Å²) >= 11 is 0. The molecule has 0 aliphatic rings. The summed E-state index contributed by atoms with van der Waals surface area (Å²) in [5.41, 5.74) is 4.57. The fourth-order valence-electron chi connectivity index (χ4n) is 2.50. The van der Waals surface area contributed by atoms with Crippen molar-refractivity contribution in [2.75, 3.05) is 12.4 Å². The highest BCUT2D eigenvalue weighted by atomic mass is 16.5. The Morgan fingerprint density at radius 1 is 1.05 bits per heavy atom. The lowest BCUT2D eigenvalue weighted by Crippen LogP contribution is -2.07. The van der Waals surface area contributed by atoms with Gasteiger partial charge in [-0.15, -0.1) is 0 Å². The number of para-hydroxylation sites is 2. The number of aryl methyl sites for hydroxylation is 1. The van der Waals surface area contributed by atoms with Crippen molar-refractivity contribution in [3.05, 3.63) is 59.7 Å². The number of imidazole rings is 1. The number of benzene rings is 2. The molecule has 1 aromatic heterocycles. The number of rotatable bonds is 5. The second kappa shape index (κ2) is 5.97. The Balaban J connectivity index is 1.82. The van der Waals surface area contributed by atoms with Crippen LogP contribution in [0.1, 0.15) is 11.1 Å². The molecule has 0 spiro atoms. The number of aromatic nitrogens is 2. The molecule has 21 heavy (non-hydrogen) atoms. The van der Waals surface area contributed by atoms with E-state index in [4.69, 9.17) is 4.74 Å². The molecule has 4 heteroatoms. The zero-order chi connectivity index (χ0) is 14.7. The molecule has 0 saturated heterocycles. The molecule has 0 atom stereocenters. The molecule has 0 fully saturated rings. The van der Waals surface area contributed by atoms with Crippen LogP contribution in [0.4, 0.5) is 5.95 Å². The molecule has 0 radical (unpaired) electrons. The van der Waals surface area contributed by atoms with Gasteiger partial charge < -0.3 is 14.6 Å². The number of nitrogens with one attached hydrogen (secondary N) is 1. The van der Waals surface area contributed by atoms with Crippen LogP contribution < -0.4 is 5.32 Å². The van der Waals surface area contributed by atoms with Gasteiger partial charge >= 0.3 is 0 Å². The minimum atomic E-state index is 0.625. The molecule has 0 aliphatic heterocycles. The summed E-state index contributed by atoms with van der Waals surface area (Å²) < 4.78 is 7.32. The van der Waals surface area contributed by atoms with Crippen LogP contribution in [0.3, 0.4) is 0 Å². The van der Waals surface area contributed by atoms with Gasteiger partial charge in [-0.05, 0) is 23.3 Å². The molecule has 3 aromatic rings. The lowest BCUT2D eigenvalue weighted by molar-refractivity contribution is 0.184. The summed E-state index contributed by atoms with van der Waals surface area (Å²) in [6.07, 6.45) is 0. The van der Waals surface area contributed by atoms with Crippen molar-refractivity contribution in [2.24, 2.45) is 7.05 Å². The highest BCUT2D eigenvalue weighted by molar-refractivity contribution is 5.78. The highest BCUT2D eigenvalue weighted by Crippen LogP contribution is 2.19. The van der Waals surface area contributed by atoms with Gasteiger partial charge in [0.15, 0.2) is 0 Å². The second-order valence-corrected chi connectivity index (χ2v) is 5.04. The molecule has 0 amide bonds. The predicted octanol–water partition coefficient (Wildman–Crippen LogP) is 3.33. The van der Waals surface area contributed by atoms with E-state index in [1.165, 1.54) is 11.1 Å². The largest absolute Gasteiger partial charge is 0.380 e.